The number of rotatable bonds is 5. The van der Waals surface area contributed by atoms with Crippen LogP contribution in [0.15, 0.2) is 58.8 Å². The van der Waals surface area contributed by atoms with E-state index in [9.17, 15) is 9.90 Å². The normalized spacial score (nSPS) is 10.7. The lowest BCUT2D eigenvalue weighted by Gasteiger charge is -2.08. The molecule has 2 aromatic rings. The summed E-state index contributed by atoms with van der Waals surface area (Å²) in [6.07, 6.45) is 0. The molecular formula is C15H15N3O2. The van der Waals surface area contributed by atoms with E-state index in [-0.39, 0.29) is 5.56 Å². The fraction of sp³-hybridized carbons (Fsp3) is 0.133. The SMILES string of the molecule is CCNc1cccc(C(=O)O)c1N=Nc1ccccc1. The lowest BCUT2D eigenvalue weighted by Crippen LogP contribution is -2.02. The molecule has 0 aromatic heterocycles. The van der Waals surface area contributed by atoms with Crippen LogP contribution in [0.1, 0.15) is 17.3 Å². The molecule has 2 N–H and O–H groups in total. The van der Waals surface area contributed by atoms with Crippen LogP contribution in [-0.4, -0.2) is 17.6 Å². The third-order valence-corrected chi connectivity index (χ3v) is 2.66. The van der Waals surface area contributed by atoms with Crippen LogP contribution < -0.4 is 5.32 Å². The number of benzene rings is 2. The van der Waals surface area contributed by atoms with E-state index in [0.29, 0.717) is 23.6 Å². The molecule has 0 radical (unpaired) electrons. The van der Waals surface area contributed by atoms with Gasteiger partial charge in [0.2, 0.25) is 0 Å². The van der Waals surface area contributed by atoms with E-state index in [2.05, 4.69) is 15.5 Å². The summed E-state index contributed by atoms with van der Waals surface area (Å²) in [6.45, 7) is 2.61. The highest BCUT2D eigenvalue weighted by molar-refractivity contribution is 5.96. The number of hydrogen-bond acceptors (Lipinski definition) is 4. The summed E-state index contributed by atoms with van der Waals surface area (Å²) in [5.74, 6) is -1.02. The van der Waals surface area contributed by atoms with Crippen LogP contribution in [0.4, 0.5) is 17.1 Å². The highest BCUT2D eigenvalue weighted by Crippen LogP contribution is 2.31. The van der Waals surface area contributed by atoms with Gasteiger partial charge in [-0.25, -0.2) is 4.79 Å². The second-order valence-corrected chi connectivity index (χ2v) is 4.07. The lowest BCUT2D eigenvalue weighted by molar-refractivity contribution is 0.0698. The Morgan fingerprint density at radius 1 is 1.10 bits per heavy atom. The zero-order valence-corrected chi connectivity index (χ0v) is 11.1. The molecule has 2 rings (SSSR count). The monoisotopic (exact) mass is 269 g/mol. The van der Waals surface area contributed by atoms with Crippen molar-refractivity contribution in [3.63, 3.8) is 0 Å². The molecule has 0 fully saturated rings. The summed E-state index contributed by atoms with van der Waals surface area (Å²) < 4.78 is 0. The van der Waals surface area contributed by atoms with Gasteiger partial charge in [-0.1, -0.05) is 24.3 Å². The first-order valence-corrected chi connectivity index (χ1v) is 6.29. The number of carboxylic acids is 1. The minimum absolute atomic E-state index is 0.128. The van der Waals surface area contributed by atoms with Crippen LogP contribution in [-0.2, 0) is 0 Å². The van der Waals surface area contributed by atoms with Crippen molar-refractivity contribution in [2.24, 2.45) is 10.2 Å². The first-order chi connectivity index (χ1) is 9.72. The van der Waals surface area contributed by atoms with Crippen LogP contribution in [0.25, 0.3) is 0 Å². The molecule has 20 heavy (non-hydrogen) atoms. The van der Waals surface area contributed by atoms with Gasteiger partial charge in [0.1, 0.15) is 5.69 Å². The molecule has 0 unspecified atom stereocenters. The zero-order chi connectivity index (χ0) is 14.4. The second kappa shape index (κ2) is 6.47. The molecule has 0 aliphatic rings. The Hall–Kier alpha value is -2.69. The van der Waals surface area contributed by atoms with E-state index in [1.807, 2.05) is 25.1 Å². The van der Waals surface area contributed by atoms with Crippen molar-refractivity contribution in [1.29, 1.82) is 0 Å². The zero-order valence-electron chi connectivity index (χ0n) is 11.1. The molecule has 5 heteroatoms. The molecule has 0 aliphatic heterocycles. The number of hydrogen-bond donors (Lipinski definition) is 2. The summed E-state index contributed by atoms with van der Waals surface area (Å²) in [4.78, 5) is 11.3. The predicted octanol–water partition coefficient (Wildman–Crippen LogP) is 4.23. The molecular weight excluding hydrogens is 254 g/mol. The topological polar surface area (TPSA) is 74.0 Å². The van der Waals surface area contributed by atoms with Gasteiger partial charge in [-0.05, 0) is 31.2 Å². The largest absolute Gasteiger partial charge is 0.478 e. The summed E-state index contributed by atoms with van der Waals surface area (Å²) in [7, 11) is 0. The molecule has 0 aliphatic carbocycles. The number of carboxylic acid groups (broad SMARTS) is 1. The van der Waals surface area contributed by atoms with Crippen molar-refractivity contribution in [3.05, 3.63) is 54.1 Å². The fourth-order valence-corrected chi connectivity index (χ4v) is 1.76. The Kier molecular flexibility index (Phi) is 4.44. The van der Waals surface area contributed by atoms with Gasteiger partial charge in [-0.15, -0.1) is 5.11 Å². The first-order valence-electron chi connectivity index (χ1n) is 6.29. The average Bonchev–Trinajstić information content (AvgIpc) is 2.47. The second-order valence-electron chi connectivity index (χ2n) is 4.07. The summed E-state index contributed by atoms with van der Waals surface area (Å²) in [5.41, 5.74) is 1.80. The van der Waals surface area contributed by atoms with Gasteiger partial charge < -0.3 is 10.4 Å². The quantitative estimate of drug-likeness (QED) is 0.797. The number of anilines is 1. The summed E-state index contributed by atoms with van der Waals surface area (Å²) >= 11 is 0. The van der Waals surface area contributed by atoms with Crippen LogP contribution >= 0.6 is 0 Å². The molecule has 0 spiro atoms. The number of aromatic carboxylic acids is 1. The Labute approximate surface area is 117 Å². The van der Waals surface area contributed by atoms with Crippen LogP contribution in [0.3, 0.4) is 0 Å². The Bertz CT molecular complexity index is 624. The average molecular weight is 269 g/mol. The first kappa shape index (κ1) is 13.7. The minimum Gasteiger partial charge on any atom is -0.478 e. The maximum atomic E-state index is 11.3. The standard InChI is InChI=1S/C15H15N3O2/c1-2-16-13-10-6-9-12(15(19)20)14(13)18-17-11-7-4-3-5-8-11/h3-10,16H,2H2,1H3,(H,19,20). The molecule has 0 saturated carbocycles. The molecule has 0 bridgehead atoms. The summed E-state index contributed by atoms with van der Waals surface area (Å²) in [5, 5.41) is 20.5. The van der Waals surface area contributed by atoms with E-state index in [0.717, 1.165) is 0 Å². The predicted molar refractivity (Wildman–Crippen MR) is 78.2 cm³/mol. The van der Waals surface area contributed by atoms with Crippen molar-refractivity contribution in [3.8, 4) is 0 Å². The molecule has 0 saturated heterocycles. The van der Waals surface area contributed by atoms with Crippen molar-refractivity contribution >= 4 is 23.0 Å². The Balaban J connectivity index is 2.42. The molecule has 102 valence electrons. The van der Waals surface area contributed by atoms with Crippen molar-refractivity contribution < 1.29 is 9.90 Å². The number of carbonyl (C=O) groups is 1. The Morgan fingerprint density at radius 2 is 1.85 bits per heavy atom. The van der Waals surface area contributed by atoms with Crippen LogP contribution in [0.5, 0.6) is 0 Å². The molecule has 0 heterocycles. The Morgan fingerprint density at radius 3 is 2.50 bits per heavy atom. The van der Waals surface area contributed by atoms with E-state index in [1.54, 1.807) is 24.3 Å². The lowest BCUT2D eigenvalue weighted by atomic mass is 10.1. The molecule has 0 atom stereocenters. The van der Waals surface area contributed by atoms with Crippen LogP contribution in [0.2, 0.25) is 0 Å². The molecule has 2 aromatic carbocycles. The third-order valence-electron chi connectivity index (χ3n) is 2.66. The van der Waals surface area contributed by atoms with Gasteiger partial charge in [0.15, 0.2) is 0 Å². The van der Waals surface area contributed by atoms with E-state index < -0.39 is 5.97 Å². The number of azo groups is 1. The molecule has 5 nitrogen and oxygen atoms in total. The van der Waals surface area contributed by atoms with Gasteiger partial charge in [0, 0.05) is 6.54 Å². The third kappa shape index (κ3) is 3.20. The van der Waals surface area contributed by atoms with Crippen LogP contribution in [0, 0.1) is 0 Å². The van der Waals surface area contributed by atoms with E-state index in [1.165, 1.54) is 6.07 Å². The van der Waals surface area contributed by atoms with Crippen molar-refractivity contribution in [2.75, 3.05) is 11.9 Å². The van der Waals surface area contributed by atoms with Gasteiger partial charge in [0.05, 0.1) is 16.9 Å². The maximum absolute atomic E-state index is 11.3. The van der Waals surface area contributed by atoms with Gasteiger partial charge >= 0.3 is 5.97 Å². The smallest absolute Gasteiger partial charge is 0.338 e. The van der Waals surface area contributed by atoms with E-state index >= 15 is 0 Å². The number of nitrogens with one attached hydrogen (secondary N) is 1. The maximum Gasteiger partial charge on any atom is 0.338 e. The van der Waals surface area contributed by atoms with Gasteiger partial charge in [-0.2, -0.15) is 5.11 Å². The van der Waals surface area contributed by atoms with Gasteiger partial charge in [0.25, 0.3) is 0 Å². The van der Waals surface area contributed by atoms with E-state index in [4.69, 9.17) is 0 Å². The van der Waals surface area contributed by atoms with Gasteiger partial charge in [-0.3, -0.25) is 0 Å². The number of nitrogens with zero attached hydrogens (tertiary/aromatic N) is 2. The fourth-order valence-electron chi connectivity index (χ4n) is 1.76. The van der Waals surface area contributed by atoms with Crippen molar-refractivity contribution in [1.82, 2.24) is 0 Å². The minimum atomic E-state index is -1.02. The summed E-state index contributed by atoms with van der Waals surface area (Å²) in [6, 6.07) is 14.2. The molecule has 0 amide bonds. The van der Waals surface area contributed by atoms with Crippen molar-refractivity contribution in [2.45, 2.75) is 6.92 Å². The highest BCUT2D eigenvalue weighted by Gasteiger charge is 2.13. The highest BCUT2D eigenvalue weighted by atomic mass is 16.4.